The highest BCUT2D eigenvalue weighted by Gasteiger charge is 2.14. The van der Waals surface area contributed by atoms with Crippen molar-refractivity contribution in [3.63, 3.8) is 0 Å². The first kappa shape index (κ1) is 14.3. The maximum Gasteiger partial charge on any atom is 0.288 e. The van der Waals surface area contributed by atoms with Crippen molar-refractivity contribution in [2.45, 2.75) is 13.3 Å². The molecular formula is C13H15ClN4O2. The lowest BCUT2D eigenvalue weighted by molar-refractivity contribution is -0.384. The second-order valence-corrected chi connectivity index (χ2v) is 4.94. The van der Waals surface area contributed by atoms with E-state index in [0.29, 0.717) is 6.54 Å². The van der Waals surface area contributed by atoms with Gasteiger partial charge in [-0.05, 0) is 24.6 Å². The Morgan fingerprint density at radius 2 is 2.25 bits per heavy atom. The summed E-state index contributed by atoms with van der Waals surface area (Å²) in [6.45, 7) is 2.50. The number of nitrogens with one attached hydrogen (secondary N) is 1. The molecule has 0 aliphatic heterocycles. The molecule has 0 fully saturated rings. The first-order valence-corrected chi connectivity index (χ1v) is 6.52. The van der Waals surface area contributed by atoms with Crippen molar-refractivity contribution >= 4 is 23.0 Å². The van der Waals surface area contributed by atoms with Gasteiger partial charge in [0.1, 0.15) is 5.02 Å². The summed E-state index contributed by atoms with van der Waals surface area (Å²) in [5.74, 6) is 0. The molecule has 6 nitrogen and oxygen atoms in total. The molecule has 106 valence electrons. The zero-order chi connectivity index (χ0) is 14.7. The standard InChI is InChI=1S/C13H15ClN4O2/c1-9-7-13(18(19)20)11(14)8-12(9)15-5-3-10-4-6-17(2)16-10/h4,6-8,15H,3,5H2,1-2H3. The number of halogens is 1. The van der Waals surface area contributed by atoms with Crippen LogP contribution in [0.25, 0.3) is 0 Å². The third-order valence-electron chi connectivity index (χ3n) is 2.96. The van der Waals surface area contributed by atoms with Crippen molar-refractivity contribution in [1.29, 1.82) is 0 Å². The van der Waals surface area contributed by atoms with E-state index in [4.69, 9.17) is 11.6 Å². The fourth-order valence-corrected chi connectivity index (χ4v) is 2.15. The average Bonchev–Trinajstić information content (AvgIpc) is 2.78. The molecule has 0 aliphatic carbocycles. The smallest absolute Gasteiger partial charge is 0.288 e. The minimum Gasteiger partial charge on any atom is -0.384 e. The molecule has 1 heterocycles. The lowest BCUT2D eigenvalue weighted by Gasteiger charge is -2.09. The Hall–Kier alpha value is -2.08. The van der Waals surface area contributed by atoms with E-state index in [0.717, 1.165) is 23.4 Å². The molecule has 0 radical (unpaired) electrons. The van der Waals surface area contributed by atoms with E-state index in [1.54, 1.807) is 10.7 Å². The molecule has 1 aromatic carbocycles. The molecular weight excluding hydrogens is 280 g/mol. The second-order valence-electron chi connectivity index (χ2n) is 4.53. The normalized spacial score (nSPS) is 10.6. The van der Waals surface area contributed by atoms with Gasteiger partial charge in [0, 0.05) is 38.0 Å². The summed E-state index contributed by atoms with van der Waals surface area (Å²) in [5, 5.41) is 18.4. The van der Waals surface area contributed by atoms with Crippen LogP contribution in [-0.2, 0) is 13.5 Å². The largest absolute Gasteiger partial charge is 0.384 e. The predicted molar refractivity (Wildman–Crippen MR) is 78.2 cm³/mol. The van der Waals surface area contributed by atoms with E-state index in [1.807, 2.05) is 26.2 Å². The molecule has 1 aromatic heterocycles. The Balaban J connectivity index is 2.03. The molecule has 0 unspecified atom stereocenters. The number of hydrogen-bond acceptors (Lipinski definition) is 4. The first-order chi connectivity index (χ1) is 9.47. The third-order valence-corrected chi connectivity index (χ3v) is 3.26. The van der Waals surface area contributed by atoms with Crippen molar-refractivity contribution in [2.75, 3.05) is 11.9 Å². The second kappa shape index (κ2) is 5.92. The van der Waals surface area contributed by atoms with Crippen LogP contribution in [0.2, 0.25) is 5.02 Å². The van der Waals surface area contributed by atoms with E-state index in [-0.39, 0.29) is 10.7 Å². The zero-order valence-corrected chi connectivity index (χ0v) is 12.0. The number of aryl methyl sites for hydroxylation is 2. The SMILES string of the molecule is Cc1cc([N+](=O)[O-])c(Cl)cc1NCCc1ccn(C)n1. The molecule has 0 saturated carbocycles. The topological polar surface area (TPSA) is 73.0 Å². The fourth-order valence-electron chi connectivity index (χ4n) is 1.92. The number of hydrogen-bond donors (Lipinski definition) is 1. The highest BCUT2D eigenvalue weighted by Crippen LogP contribution is 2.30. The number of aromatic nitrogens is 2. The Labute approximate surface area is 121 Å². The van der Waals surface area contributed by atoms with Crippen LogP contribution in [0.5, 0.6) is 0 Å². The lowest BCUT2D eigenvalue weighted by atomic mass is 10.1. The van der Waals surface area contributed by atoms with Gasteiger partial charge in [-0.1, -0.05) is 11.6 Å². The summed E-state index contributed by atoms with van der Waals surface area (Å²) in [5.41, 5.74) is 2.52. The summed E-state index contributed by atoms with van der Waals surface area (Å²) in [6, 6.07) is 5.02. The van der Waals surface area contributed by atoms with Crippen LogP contribution >= 0.6 is 11.6 Å². The highest BCUT2D eigenvalue weighted by atomic mass is 35.5. The number of nitro benzene ring substituents is 1. The fraction of sp³-hybridized carbons (Fsp3) is 0.308. The molecule has 0 spiro atoms. The van der Waals surface area contributed by atoms with Crippen LogP contribution in [0.15, 0.2) is 24.4 Å². The van der Waals surface area contributed by atoms with Gasteiger partial charge in [-0.15, -0.1) is 0 Å². The van der Waals surface area contributed by atoms with Gasteiger partial charge in [0.25, 0.3) is 5.69 Å². The minimum absolute atomic E-state index is 0.0700. The van der Waals surface area contributed by atoms with Gasteiger partial charge in [0.15, 0.2) is 0 Å². The summed E-state index contributed by atoms with van der Waals surface area (Å²) < 4.78 is 1.75. The van der Waals surface area contributed by atoms with E-state index in [1.165, 1.54) is 6.07 Å². The average molecular weight is 295 g/mol. The number of benzene rings is 1. The van der Waals surface area contributed by atoms with Gasteiger partial charge >= 0.3 is 0 Å². The molecule has 0 bridgehead atoms. The third kappa shape index (κ3) is 3.27. The lowest BCUT2D eigenvalue weighted by Crippen LogP contribution is -2.07. The molecule has 2 aromatic rings. The molecule has 0 aliphatic rings. The number of nitro groups is 1. The maximum absolute atomic E-state index is 10.8. The maximum atomic E-state index is 10.8. The molecule has 7 heteroatoms. The predicted octanol–water partition coefficient (Wildman–Crippen LogP) is 2.94. The molecule has 0 saturated heterocycles. The monoisotopic (exact) mass is 294 g/mol. The van der Waals surface area contributed by atoms with Gasteiger partial charge in [0.2, 0.25) is 0 Å². The van der Waals surface area contributed by atoms with Gasteiger partial charge in [-0.25, -0.2) is 0 Å². The Kier molecular flexibility index (Phi) is 4.24. The summed E-state index contributed by atoms with van der Waals surface area (Å²) in [4.78, 5) is 10.3. The Morgan fingerprint density at radius 3 is 2.85 bits per heavy atom. The van der Waals surface area contributed by atoms with Gasteiger partial charge in [-0.3, -0.25) is 14.8 Å². The Bertz CT molecular complexity index is 639. The van der Waals surface area contributed by atoms with Gasteiger partial charge in [0.05, 0.1) is 10.6 Å². The van der Waals surface area contributed by atoms with Crippen molar-refractivity contribution in [2.24, 2.45) is 7.05 Å². The highest BCUT2D eigenvalue weighted by molar-refractivity contribution is 6.33. The number of nitrogens with zero attached hydrogens (tertiary/aromatic N) is 3. The molecule has 1 N–H and O–H groups in total. The van der Waals surface area contributed by atoms with Crippen LogP contribution in [0.4, 0.5) is 11.4 Å². The van der Waals surface area contributed by atoms with Crippen LogP contribution in [0, 0.1) is 17.0 Å². The van der Waals surface area contributed by atoms with Crippen LogP contribution in [0.1, 0.15) is 11.3 Å². The van der Waals surface area contributed by atoms with Crippen molar-refractivity contribution in [3.8, 4) is 0 Å². The van der Waals surface area contributed by atoms with Gasteiger partial charge in [-0.2, -0.15) is 5.10 Å². The number of rotatable bonds is 5. The first-order valence-electron chi connectivity index (χ1n) is 6.14. The van der Waals surface area contributed by atoms with Gasteiger partial charge < -0.3 is 5.32 Å². The molecule has 0 amide bonds. The van der Waals surface area contributed by atoms with E-state index in [9.17, 15) is 10.1 Å². The van der Waals surface area contributed by atoms with E-state index >= 15 is 0 Å². The molecule has 0 atom stereocenters. The number of anilines is 1. The molecule has 2 rings (SSSR count). The van der Waals surface area contributed by atoms with Crippen LogP contribution in [0.3, 0.4) is 0 Å². The zero-order valence-electron chi connectivity index (χ0n) is 11.3. The van der Waals surface area contributed by atoms with Crippen molar-refractivity contribution in [3.05, 3.63) is 50.8 Å². The quantitative estimate of drug-likeness (QED) is 0.680. The molecule has 20 heavy (non-hydrogen) atoms. The summed E-state index contributed by atoms with van der Waals surface area (Å²) >= 11 is 5.90. The minimum atomic E-state index is -0.479. The van der Waals surface area contributed by atoms with E-state index < -0.39 is 4.92 Å². The van der Waals surface area contributed by atoms with E-state index in [2.05, 4.69) is 10.4 Å². The van der Waals surface area contributed by atoms with Crippen LogP contribution < -0.4 is 5.32 Å². The van der Waals surface area contributed by atoms with Crippen LogP contribution in [-0.4, -0.2) is 21.2 Å². The summed E-state index contributed by atoms with van der Waals surface area (Å²) in [7, 11) is 1.87. The Morgan fingerprint density at radius 1 is 1.50 bits per heavy atom. The van der Waals surface area contributed by atoms with Crippen molar-refractivity contribution in [1.82, 2.24) is 9.78 Å². The van der Waals surface area contributed by atoms with Crippen molar-refractivity contribution < 1.29 is 4.92 Å². The summed E-state index contributed by atoms with van der Waals surface area (Å²) in [6.07, 6.45) is 2.66.